The maximum atomic E-state index is 12.2. The molecule has 0 saturated heterocycles. The van der Waals surface area contributed by atoms with Gasteiger partial charge in [-0.2, -0.15) is 0 Å². The van der Waals surface area contributed by atoms with Crippen LogP contribution in [0.3, 0.4) is 0 Å². The van der Waals surface area contributed by atoms with Gasteiger partial charge in [0.05, 0.1) is 0 Å². The summed E-state index contributed by atoms with van der Waals surface area (Å²) in [6.07, 6.45) is 1.11. The summed E-state index contributed by atoms with van der Waals surface area (Å²) in [5.41, 5.74) is 5.50. The summed E-state index contributed by atoms with van der Waals surface area (Å²) in [6.45, 7) is 10.4. The smallest absolute Gasteiger partial charge is 0.262 e. The highest BCUT2D eigenvalue weighted by atomic mass is 16.5. The molecule has 0 bridgehead atoms. The van der Waals surface area contributed by atoms with Gasteiger partial charge in [0.2, 0.25) is 0 Å². The minimum atomic E-state index is -0.143. The molecule has 3 heteroatoms. The van der Waals surface area contributed by atoms with Gasteiger partial charge in [0, 0.05) is 5.69 Å². The summed E-state index contributed by atoms with van der Waals surface area (Å²) in [6, 6.07) is 12.1. The maximum Gasteiger partial charge on any atom is 0.262 e. The second kappa shape index (κ2) is 8.00. The lowest BCUT2D eigenvalue weighted by molar-refractivity contribution is -0.118. The van der Waals surface area contributed by atoms with Crippen molar-refractivity contribution in [2.45, 2.75) is 47.0 Å². The zero-order valence-electron chi connectivity index (χ0n) is 15.3. The van der Waals surface area contributed by atoms with E-state index < -0.39 is 0 Å². The second-order valence-corrected chi connectivity index (χ2v) is 6.49. The second-order valence-electron chi connectivity index (χ2n) is 6.49. The fourth-order valence-electron chi connectivity index (χ4n) is 2.83. The summed E-state index contributed by atoms with van der Waals surface area (Å²) in [4.78, 5) is 12.2. The molecule has 0 aliphatic heterocycles. The minimum Gasteiger partial charge on any atom is -0.484 e. The largest absolute Gasteiger partial charge is 0.484 e. The highest BCUT2D eigenvalue weighted by Gasteiger charge is 2.09. The molecule has 0 saturated carbocycles. The Kier molecular flexibility index (Phi) is 6.02. The Morgan fingerprint density at radius 3 is 2.21 bits per heavy atom. The molecule has 2 aromatic carbocycles. The van der Waals surface area contributed by atoms with Crippen LogP contribution in [0.1, 0.15) is 48.4 Å². The highest BCUT2D eigenvalue weighted by molar-refractivity contribution is 5.93. The van der Waals surface area contributed by atoms with Crippen LogP contribution < -0.4 is 10.1 Å². The van der Waals surface area contributed by atoms with Crippen molar-refractivity contribution in [3.05, 3.63) is 58.7 Å². The number of amides is 1. The molecule has 0 unspecified atom stereocenters. The lowest BCUT2D eigenvalue weighted by atomic mass is 9.99. The quantitative estimate of drug-likeness (QED) is 0.798. The van der Waals surface area contributed by atoms with Crippen molar-refractivity contribution in [2.75, 3.05) is 11.9 Å². The summed E-state index contributed by atoms with van der Waals surface area (Å²) >= 11 is 0. The predicted octanol–water partition coefficient (Wildman–Crippen LogP) is 5.14. The van der Waals surface area contributed by atoms with Crippen LogP contribution in [0.2, 0.25) is 0 Å². The van der Waals surface area contributed by atoms with E-state index in [1.165, 1.54) is 11.1 Å². The Balaban J connectivity index is 1.94. The number of anilines is 1. The van der Waals surface area contributed by atoms with Crippen molar-refractivity contribution in [3.8, 4) is 5.75 Å². The van der Waals surface area contributed by atoms with Gasteiger partial charge in [-0.1, -0.05) is 43.7 Å². The van der Waals surface area contributed by atoms with Gasteiger partial charge in [0.1, 0.15) is 5.75 Å². The molecule has 0 radical (unpaired) electrons. The van der Waals surface area contributed by atoms with Crippen molar-refractivity contribution in [1.29, 1.82) is 0 Å². The van der Waals surface area contributed by atoms with Gasteiger partial charge in [0.25, 0.3) is 5.91 Å². The van der Waals surface area contributed by atoms with Crippen molar-refractivity contribution < 1.29 is 9.53 Å². The Morgan fingerprint density at radius 2 is 1.67 bits per heavy atom. The average Bonchev–Trinajstić information content (AvgIpc) is 2.56. The summed E-state index contributed by atoms with van der Waals surface area (Å²) in [7, 11) is 0. The minimum absolute atomic E-state index is 0.00936. The number of ether oxygens (including phenoxy) is 1. The Hall–Kier alpha value is -2.29. The third-order valence-corrected chi connectivity index (χ3v) is 4.37. The number of hydrogen-bond donors (Lipinski definition) is 1. The van der Waals surface area contributed by atoms with E-state index in [1.807, 2.05) is 26.0 Å². The van der Waals surface area contributed by atoms with E-state index in [0.29, 0.717) is 5.92 Å². The van der Waals surface area contributed by atoms with Gasteiger partial charge in [-0.15, -0.1) is 0 Å². The average molecular weight is 325 g/mol. The van der Waals surface area contributed by atoms with E-state index in [0.717, 1.165) is 29.0 Å². The zero-order valence-corrected chi connectivity index (χ0v) is 15.3. The zero-order chi connectivity index (χ0) is 17.7. The SMILES string of the molecule is CC[C@@H](C)c1ccc(OCC(=O)Nc2c(C)cc(C)cc2C)cc1. The number of hydrogen-bond acceptors (Lipinski definition) is 2. The van der Waals surface area contributed by atoms with Crippen LogP contribution in [0.15, 0.2) is 36.4 Å². The molecule has 24 heavy (non-hydrogen) atoms. The molecule has 0 aliphatic carbocycles. The molecule has 2 rings (SSSR count). The van der Waals surface area contributed by atoms with Gasteiger partial charge >= 0.3 is 0 Å². The molecule has 0 heterocycles. The summed E-state index contributed by atoms with van der Waals surface area (Å²) in [5, 5.41) is 2.95. The van der Waals surface area contributed by atoms with Gasteiger partial charge in [-0.3, -0.25) is 4.79 Å². The number of carbonyl (C=O) groups is 1. The molecule has 128 valence electrons. The molecule has 2 aromatic rings. The van der Waals surface area contributed by atoms with Crippen LogP contribution in [0.4, 0.5) is 5.69 Å². The first-order chi connectivity index (χ1) is 11.4. The maximum absolute atomic E-state index is 12.2. The Labute approximate surface area is 145 Å². The third kappa shape index (κ3) is 4.60. The molecule has 0 fully saturated rings. The van der Waals surface area contributed by atoms with Crippen molar-refractivity contribution in [2.24, 2.45) is 0 Å². The van der Waals surface area contributed by atoms with Crippen LogP contribution in [-0.4, -0.2) is 12.5 Å². The fourth-order valence-corrected chi connectivity index (χ4v) is 2.83. The Bertz CT molecular complexity index is 681. The fraction of sp³-hybridized carbons (Fsp3) is 0.381. The van der Waals surface area contributed by atoms with E-state index in [1.54, 1.807) is 0 Å². The van der Waals surface area contributed by atoms with Crippen LogP contribution in [-0.2, 0) is 4.79 Å². The third-order valence-electron chi connectivity index (χ3n) is 4.37. The van der Waals surface area contributed by atoms with Crippen molar-refractivity contribution in [3.63, 3.8) is 0 Å². The van der Waals surface area contributed by atoms with Crippen LogP contribution >= 0.6 is 0 Å². The van der Waals surface area contributed by atoms with E-state index in [-0.39, 0.29) is 12.5 Å². The van der Waals surface area contributed by atoms with Crippen LogP contribution in [0, 0.1) is 20.8 Å². The first-order valence-corrected chi connectivity index (χ1v) is 8.51. The molecule has 1 N–H and O–H groups in total. The topological polar surface area (TPSA) is 38.3 Å². The van der Waals surface area contributed by atoms with E-state index in [9.17, 15) is 4.79 Å². The van der Waals surface area contributed by atoms with Gasteiger partial charge in [-0.05, 0) is 61.9 Å². The number of nitrogens with one attached hydrogen (secondary N) is 1. The van der Waals surface area contributed by atoms with E-state index >= 15 is 0 Å². The first kappa shape index (κ1) is 18.1. The van der Waals surface area contributed by atoms with Crippen LogP contribution in [0.5, 0.6) is 5.75 Å². The van der Waals surface area contributed by atoms with Crippen molar-refractivity contribution in [1.82, 2.24) is 0 Å². The normalized spacial score (nSPS) is 11.9. The highest BCUT2D eigenvalue weighted by Crippen LogP contribution is 2.23. The summed E-state index contributed by atoms with van der Waals surface area (Å²) in [5.74, 6) is 1.11. The number of aryl methyl sites for hydroxylation is 3. The lowest BCUT2D eigenvalue weighted by Gasteiger charge is -2.14. The number of rotatable bonds is 6. The first-order valence-electron chi connectivity index (χ1n) is 8.51. The number of benzene rings is 2. The van der Waals surface area contributed by atoms with Gasteiger partial charge in [0.15, 0.2) is 6.61 Å². The van der Waals surface area contributed by atoms with Gasteiger partial charge in [-0.25, -0.2) is 0 Å². The van der Waals surface area contributed by atoms with E-state index in [2.05, 4.69) is 50.4 Å². The molecule has 0 spiro atoms. The molecule has 0 aromatic heterocycles. The van der Waals surface area contributed by atoms with E-state index in [4.69, 9.17) is 4.74 Å². The standard InChI is InChI=1S/C21H27NO2/c1-6-15(3)18-7-9-19(10-8-18)24-13-20(23)22-21-16(4)11-14(2)12-17(21)5/h7-12,15H,6,13H2,1-5H3,(H,22,23)/t15-/m1/s1. The molecule has 3 nitrogen and oxygen atoms in total. The lowest BCUT2D eigenvalue weighted by Crippen LogP contribution is -2.21. The Morgan fingerprint density at radius 1 is 1.08 bits per heavy atom. The molecular weight excluding hydrogens is 298 g/mol. The summed E-state index contributed by atoms with van der Waals surface area (Å²) < 4.78 is 5.60. The van der Waals surface area contributed by atoms with Crippen LogP contribution in [0.25, 0.3) is 0 Å². The predicted molar refractivity (Wildman–Crippen MR) is 99.9 cm³/mol. The molecule has 1 amide bonds. The van der Waals surface area contributed by atoms with Crippen molar-refractivity contribution >= 4 is 11.6 Å². The van der Waals surface area contributed by atoms with Gasteiger partial charge < -0.3 is 10.1 Å². The molecule has 1 atom stereocenters. The monoisotopic (exact) mass is 325 g/mol. The molecular formula is C21H27NO2. The molecule has 0 aliphatic rings. The number of carbonyl (C=O) groups excluding carboxylic acids is 1.